The summed E-state index contributed by atoms with van der Waals surface area (Å²) in [6, 6.07) is 4.50. The van der Waals surface area contributed by atoms with Gasteiger partial charge in [-0.25, -0.2) is 4.98 Å². The molecule has 2 aromatic heterocycles. The van der Waals surface area contributed by atoms with Gasteiger partial charge in [0, 0.05) is 12.6 Å². The summed E-state index contributed by atoms with van der Waals surface area (Å²) in [6.07, 6.45) is 2.44. The molecule has 2 aromatic rings. The van der Waals surface area contributed by atoms with Crippen molar-refractivity contribution in [2.75, 3.05) is 17.2 Å². The highest BCUT2D eigenvalue weighted by molar-refractivity contribution is 5.54. The van der Waals surface area contributed by atoms with Crippen LogP contribution in [-0.4, -0.2) is 21.6 Å². The first kappa shape index (κ1) is 13.8. The lowest BCUT2D eigenvalue weighted by atomic mass is 10.3. The van der Waals surface area contributed by atoms with Crippen molar-refractivity contribution in [1.29, 1.82) is 0 Å². The van der Waals surface area contributed by atoms with Gasteiger partial charge in [0.05, 0.1) is 29.8 Å². The van der Waals surface area contributed by atoms with Crippen molar-refractivity contribution in [2.24, 2.45) is 0 Å². The molecule has 2 N–H and O–H groups in total. The van der Waals surface area contributed by atoms with Crippen LogP contribution in [-0.2, 0) is 6.54 Å². The topological polar surface area (TPSA) is 106 Å². The van der Waals surface area contributed by atoms with Crippen molar-refractivity contribution in [2.45, 2.75) is 19.9 Å². The van der Waals surface area contributed by atoms with Crippen molar-refractivity contribution in [3.8, 4) is 0 Å². The zero-order valence-corrected chi connectivity index (χ0v) is 11.0. The van der Waals surface area contributed by atoms with Crippen LogP contribution in [0.1, 0.15) is 19.1 Å². The first-order valence-electron chi connectivity index (χ1n) is 6.23. The number of pyridine rings is 1. The van der Waals surface area contributed by atoms with Gasteiger partial charge in [0.2, 0.25) is 0 Å². The van der Waals surface area contributed by atoms with Crippen molar-refractivity contribution in [1.82, 2.24) is 10.1 Å². The molecule has 0 aliphatic heterocycles. The Hall–Kier alpha value is -2.64. The average molecular weight is 277 g/mol. The Labute approximate surface area is 115 Å². The SMILES string of the molecule is CCCNc1cc([N+](=O)[O-])cc(NCc2ccno2)n1. The molecule has 0 saturated heterocycles. The van der Waals surface area contributed by atoms with Crippen LogP contribution in [0.4, 0.5) is 17.3 Å². The van der Waals surface area contributed by atoms with Crippen molar-refractivity contribution in [3.63, 3.8) is 0 Å². The van der Waals surface area contributed by atoms with Gasteiger partial charge in [-0.15, -0.1) is 0 Å². The zero-order valence-electron chi connectivity index (χ0n) is 11.0. The second-order valence-electron chi connectivity index (χ2n) is 4.11. The molecule has 0 aliphatic carbocycles. The summed E-state index contributed by atoms with van der Waals surface area (Å²) in [7, 11) is 0. The fraction of sp³-hybridized carbons (Fsp3) is 0.333. The van der Waals surface area contributed by atoms with Gasteiger partial charge in [-0.3, -0.25) is 10.1 Å². The molecule has 8 heteroatoms. The van der Waals surface area contributed by atoms with Gasteiger partial charge in [0.1, 0.15) is 11.6 Å². The Kier molecular flexibility index (Phi) is 4.48. The molecule has 2 heterocycles. The first-order valence-corrected chi connectivity index (χ1v) is 6.23. The van der Waals surface area contributed by atoms with E-state index in [4.69, 9.17) is 4.52 Å². The normalized spacial score (nSPS) is 10.2. The minimum absolute atomic E-state index is 0.0151. The largest absolute Gasteiger partial charge is 0.370 e. The number of aromatic nitrogens is 2. The first-order chi connectivity index (χ1) is 9.69. The van der Waals surface area contributed by atoms with Crippen molar-refractivity contribution >= 4 is 17.3 Å². The van der Waals surface area contributed by atoms with E-state index in [0.29, 0.717) is 30.5 Å². The van der Waals surface area contributed by atoms with E-state index in [9.17, 15) is 10.1 Å². The Morgan fingerprint density at radius 2 is 2.10 bits per heavy atom. The molecule has 0 radical (unpaired) electrons. The molecular weight excluding hydrogens is 262 g/mol. The summed E-state index contributed by atoms with van der Waals surface area (Å²) >= 11 is 0. The fourth-order valence-corrected chi connectivity index (χ4v) is 1.57. The maximum Gasteiger partial charge on any atom is 0.276 e. The van der Waals surface area contributed by atoms with Crippen LogP contribution in [0.25, 0.3) is 0 Å². The van der Waals surface area contributed by atoms with Crippen LogP contribution >= 0.6 is 0 Å². The predicted octanol–water partition coefficient (Wildman–Crippen LogP) is 2.41. The summed E-state index contributed by atoms with van der Waals surface area (Å²) in [5.41, 5.74) is -0.0151. The minimum atomic E-state index is -0.446. The van der Waals surface area contributed by atoms with Crippen molar-refractivity contribution < 1.29 is 9.45 Å². The molecule has 2 rings (SSSR count). The molecule has 8 nitrogen and oxygen atoms in total. The van der Waals surface area contributed by atoms with Crippen molar-refractivity contribution in [3.05, 3.63) is 40.3 Å². The Morgan fingerprint density at radius 3 is 2.70 bits per heavy atom. The molecule has 0 saturated carbocycles. The molecule has 0 spiro atoms. The molecule has 0 aromatic carbocycles. The van der Waals surface area contributed by atoms with E-state index in [2.05, 4.69) is 20.8 Å². The summed E-state index contributed by atoms with van der Waals surface area (Å²) in [6.45, 7) is 3.07. The highest BCUT2D eigenvalue weighted by atomic mass is 16.6. The number of nitro groups is 1. The van der Waals surface area contributed by atoms with Gasteiger partial charge in [0.15, 0.2) is 5.76 Å². The third kappa shape index (κ3) is 3.67. The standard InChI is InChI=1S/C12H15N5O3/c1-2-4-13-11-6-9(17(18)19)7-12(16-11)14-8-10-3-5-15-20-10/h3,5-7H,2,4,8H2,1H3,(H2,13,14,16). The number of hydrogen-bond acceptors (Lipinski definition) is 7. The van der Waals surface area contributed by atoms with Crippen LogP contribution in [0.2, 0.25) is 0 Å². The van der Waals surface area contributed by atoms with Crippen LogP contribution in [0.3, 0.4) is 0 Å². The lowest BCUT2D eigenvalue weighted by Crippen LogP contribution is -2.06. The molecule has 0 atom stereocenters. The van der Waals surface area contributed by atoms with E-state index in [1.165, 1.54) is 18.3 Å². The maximum atomic E-state index is 10.9. The highest BCUT2D eigenvalue weighted by Gasteiger charge is 2.11. The zero-order chi connectivity index (χ0) is 14.4. The molecule has 0 bridgehead atoms. The predicted molar refractivity (Wildman–Crippen MR) is 73.5 cm³/mol. The Morgan fingerprint density at radius 1 is 1.35 bits per heavy atom. The van der Waals surface area contributed by atoms with E-state index in [0.717, 1.165) is 6.42 Å². The average Bonchev–Trinajstić information content (AvgIpc) is 2.96. The molecule has 106 valence electrons. The summed E-state index contributed by atoms with van der Waals surface area (Å²) in [5.74, 6) is 1.51. The van der Waals surface area contributed by atoms with E-state index in [-0.39, 0.29) is 5.69 Å². The van der Waals surface area contributed by atoms with Crippen LogP contribution < -0.4 is 10.6 Å². The molecule has 20 heavy (non-hydrogen) atoms. The third-order valence-corrected chi connectivity index (χ3v) is 2.51. The van der Waals surface area contributed by atoms with E-state index in [1.807, 2.05) is 6.92 Å². The van der Waals surface area contributed by atoms with Gasteiger partial charge in [0.25, 0.3) is 5.69 Å². The van der Waals surface area contributed by atoms with Crippen LogP contribution in [0, 0.1) is 10.1 Å². The van der Waals surface area contributed by atoms with Gasteiger partial charge >= 0.3 is 0 Å². The van der Waals surface area contributed by atoms with E-state index < -0.39 is 4.92 Å². The number of nitrogens with zero attached hydrogens (tertiary/aromatic N) is 3. The Balaban J connectivity index is 2.13. The van der Waals surface area contributed by atoms with Gasteiger partial charge in [-0.2, -0.15) is 0 Å². The summed E-state index contributed by atoms with van der Waals surface area (Å²) < 4.78 is 4.94. The molecule has 0 aliphatic rings. The van der Waals surface area contributed by atoms with Gasteiger partial charge < -0.3 is 15.2 Å². The van der Waals surface area contributed by atoms with Gasteiger partial charge in [-0.05, 0) is 6.42 Å². The van der Waals surface area contributed by atoms with Gasteiger partial charge in [-0.1, -0.05) is 12.1 Å². The smallest absolute Gasteiger partial charge is 0.276 e. The maximum absolute atomic E-state index is 10.9. The monoisotopic (exact) mass is 277 g/mol. The summed E-state index contributed by atoms with van der Waals surface area (Å²) in [5, 5.41) is 20.5. The Bertz CT molecular complexity index is 570. The lowest BCUT2D eigenvalue weighted by Gasteiger charge is -2.08. The molecule has 0 amide bonds. The molecular formula is C12H15N5O3. The second-order valence-corrected chi connectivity index (χ2v) is 4.11. The lowest BCUT2D eigenvalue weighted by molar-refractivity contribution is -0.384. The molecule has 0 unspecified atom stereocenters. The number of hydrogen-bond donors (Lipinski definition) is 2. The number of nitrogens with one attached hydrogen (secondary N) is 2. The third-order valence-electron chi connectivity index (χ3n) is 2.51. The fourth-order valence-electron chi connectivity index (χ4n) is 1.57. The number of anilines is 2. The second kappa shape index (κ2) is 6.50. The van der Waals surface area contributed by atoms with E-state index in [1.54, 1.807) is 6.07 Å². The quantitative estimate of drug-likeness (QED) is 0.591. The minimum Gasteiger partial charge on any atom is -0.370 e. The summed E-state index contributed by atoms with van der Waals surface area (Å²) in [4.78, 5) is 14.7. The number of rotatable bonds is 7. The van der Waals surface area contributed by atoms with E-state index >= 15 is 0 Å². The van der Waals surface area contributed by atoms with Crippen LogP contribution in [0.5, 0.6) is 0 Å². The van der Waals surface area contributed by atoms with Crippen LogP contribution in [0.15, 0.2) is 28.9 Å². The molecule has 0 fully saturated rings. The highest BCUT2D eigenvalue weighted by Crippen LogP contribution is 2.21.